The van der Waals surface area contributed by atoms with Crippen LogP contribution < -0.4 is 19.5 Å². The van der Waals surface area contributed by atoms with Gasteiger partial charge < -0.3 is 33.9 Å². The molecule has 8 rings (SSSR count). The van der Waals surface area contributed by atoms with Gasteiger partial charge in [0, 0.05) is 50.0 Å². The lowest BCUT2D eigenvalue weighted by molar-refractivity contribution is -0.0617. The van der Waals surface area contributed by atoms with Crippen LogP contribution in [0.1, 0.15) is 54.4 Å². The van der Waals surface area contributed by atoms with Crippen molar-refractivity contribution in [3.05, 3.63) is 64.6 Å². The molecular weight excluding hydrogens is 610 g/mol. The molecule has 5 heterocycles. The number of methoxy groups -OCH3 is 1. The fourth-order valence-corrected chi connectivity index (χ4v) is 7.90. The van der Waals surface area contributed by atoms with E-state index in [4.69, 9.17) is 40.5 Å². The van der Waals surface area contributed by atoms with Crippen molar-refractivity contribution in [2.75, 3.05) is 26.8 Å². The van der Waals surface area contributed by atoms with Crippen LogP contribution in [0.2, 0.25) is 5.02 Å². The Morgan fingerprint density at radius 3 is 2.83 bits per heavy atom. The van der Waals surface area contributed by atoms with Gasteiger partial charge in [-0.2, -0.15) is 0 Å². The minimum absolute atomic E-state index is 0.0241. The van der Waals surface area contributed by atoms with E-state index in [9.17, 15) is 9.90 Å². The first kappa shape index (κ1) is 29.5. The summed E-state index contributed by atoms with van der Waals surface area (Å²) < 4.78 is 26.4. The predicted molar refractivity (Wildman–Crippen MR) is 171 cm³/mol. The molecule has 11 nitrogen and oxygen atoms in total. The Kier molecular flexibility index (Phi) is 7.32. The Hall–Kier alpha value is -3.90. The quantitative estimate of drug-likeness (QED) is 0.264. The Labute approximate surface area is 271 Å². The lowest BCUT2D eigenvalue weighted by Crippen LogP contribution is -2.70. The van der Waals surface area contributed by atoms with Crippen LogP contribution in [0.3, 0.4) is 0 Å². The second kappa shape index (κ2) is 11.4. The maximum atomic E-state index is 12.1. The maximum absolute atomic E-state index is 12.1. The molecule has 0 radical (unpaired) electrons. The van der Waals surface area contributed by atoms with E-state index in [0.29, 0.717) is 29.4 Å². The van der Waals surface area contributed by atoms with Crippen molar-refractivity contribution >= 4 is 28.6 Å². The van der Waals surface area contributed by atoms with Crippen molar-refractivity contribution in [2.24, 2.45) is 0 Å². The van der Waals surface area contributed by atoms with Gasteiger partial charge in [0.25, 0.3) is 0 Å². The van der Waals surface area contributed by atoms with Crippen LogP contribution in [0.4, 0.5) is 0 Å². The van der Waals surface area contributed by atoms with E-state index < -0.39 is 17.8 Å². The molecule has 0 spiro atoms. The van der Waals surface area contributed by atoms with Crippen molar-refractivity contribution < 1.29 is 28.8 Å². The number of carbonyl (C=O) groups is 1. The topological polar surface area (TPSA) is 120 Å². The maximum Gasteiger partial charge on any atom is 0.335 e. The second-order valence-electron chi connectivity index (χ2n) is 12.5. The van der Waals surface area contributed by atoms with Gasteiger partial charge in [0.1, 0.15) is 17.1 Å². The summed E-state index contributed by atoms with van der Waals surface area (Å²) in [5.74, 6) is 1.74. The smallest absolute Gasteiger partial charge is 0.335 e. The number of nitrogens with one attached hydrogen (secondary N) is 1. The average Bonchev–Trinajstić information content (AvgIpc) is 3.77. The summed E-state index contributed by atoms with van der Waals surface area (Å²) in [5, 5.41) is 14.3. The molecule has 3 fully saturated rings. The van der Waals surface area contributed by atoms with Gasteiger partial charge in [0.15, 0.2) is 11.5 Å². The highest BCUT2D eigenvalue weighted by Gasteiger charge is 2.57. The standard InChI is InChI=1S/C34H36ClN5O6/c1-19-45-26-8-6-23(24-7-5-21(35)16-37-24)30(32(26)46-19)34-10-9-28(34)36-11-12-39(34)18-29-38-31-25(40(29)17-22-4-3-13-44-22)14-20(33(41)42)15-27(31)43-2/h5-8,14-16,19,22,28,36H,3-4,9-13,17-18H2,1-2H3,(H,41,42)/t19-,22+,28?,34?/m1/s1. The molecule has 0 bridgehead atoms. The number of aromatic carboxylic acids is 1. The van der Waals surface area contributed by atoms with Gasteiger partial charge in [-0.15, -0.1) is 0 Å². The number of piperazine rings is 1. The molecule has 2 aromatic carbocycles. The fourth-order valence-electron chi connectivity index (χ4n) is 7.79. The zero-order valence-corrected chi connectivity index (χ0v) is 26.5. The lowest BCUT2D eigenvalue weighted by Gasteiger charge is -2.60. The average molecular weight is 646 g/mol. The largest absolute Gasteiger partial charge is 0.494 e. The number of nitrogens with zero attached hydrogens (tertiary/aromatic N) is 4. The molecule has 0 amide bonds. The Bertz CT molecular complexity index is 1820. The van der Waals surface area contributed by atoms with Crippen molar-refractivity contribution in [1.82, 2.24) is 24.8 Å². The molecule has 4 aromatic rings. The molecular formula is C34H36ClN5O6. The molecule has 1 aliphatic carbocycles. The molecule has 4 atom stereocenters. The highest BCUT2D eigenvalue weighted by atomic mass is 35.5. The van der Waals surface area contributed by atoms with Crippen LogP contribution in [-0.2, 0) is 23.4 Å². The van der Waals surface area contributed by atoms with Crippen molar-refractivity contribution in [3.8, 4) is 28.5 Å². The molecule has 2 saturated heterocycles. The van der Waals surface area contributed by atoms with E-state index >= 15 is 0 Å². The van der Waals surface area contributed by atoms with Crippen LogP contribution in [0.25, 0.3) is 22.3 Å². The van der Waals surface area contributed by atoms with Gasteiger partial charge in [0.2, 0.25) is 6.29 Å². The molecule has 240 valence electrons. The Morgan fingerprint density at radius 2 is 2.11 bits per heavy atom. The third kappa shape index (κ3) is 4.71. The van der Waals surface area contributed by atoms with E-state index in [1.54, 1.807) is 25.4 Å². The number of aromatic nitrogens is 3. The Balaban J connectivity index is 1.28. The van der Waals surface area contributed by atoms with Crippen molar-refractivity contribution in [2.45, 2.75) is 69.7 Å². The van der Waals surface area contributed by atoms with Gasteiger partial charge in [-0.25, -0.2) is 9.78 Å². The number of ether oxygens (including phenoxy) is 4. The monoisotopic (exact) mass is 645 g/mol. The van der Waals surface area contributed by atoms with Gasteiger partial charge in [-0.05, 0) is 62.1 Å². The fraction of sp³-hybridized carbons (Fsp3) is 0.441. The van der Waals surface area contributed by atoms with Crippen molar-refractivity contribution in [1.29, 1.82) is 0 Å². The molecule has 12 heteroatoms. The van der Waals surface area contributed by atoms with Crippen LogP contribution >= 0.6 is 11.6 Å². The summed E-state index contributed by atoms with van der Waals surface area (Å²) in [5.41, 5.74) is 3.95. The first-order valence-corrected chi connectivity index (χ1v) is 16.3. The summed E-state index contributed by atoms with van der Waals surface area (Å²) in [6, 6.07) is 11.3. The highest BCUT2D eigenvalue weighted by molar-refractivity contribution is 6.30. The number of hydrogen-bond donors (Lipinski definition) is 2. The van der Waals surface area contributed by atoms with Crippen LogP contribution in [0, 0.1) is 0 Å². The Morgan fingerprint density at radius 1 is 1.22 bits per heavy atom. The SMILES string of the molecule is COc1cc(C(=O)O)cc2c1nc(CN1CCNC3CCC31c1c(-c3ccc(Cl)cn3)ccc3c1O[C@H](C)O3)n2C[C@@H]1CCCO1. The lowest BCUT2D eigenvalue weighted by atomic mass is 9.63. The van der Waals surface area contributed by atoms with E-state index in [1.165, 1.54) is 0 Å². The molecule has 4 aliphatic rings. The second-order valence-corrected chi connectivity index (χ2v) is 12.9. The molecule has 2 unspecified atom stereocenters. The van der Waals surface area contributed by atoms with Crippen molar-refractivity contribution in [3.63, 3.8) is 0 Å². The normalized spacial score (nSPS) is 25.4. The molecule has 2 aromatic heterocycles. The third-order valence-corrected chi connectivity index (χ3v) is 10.2. The number of rotatable bonds is 8. The minimum Gasteiger partial charge on any atom is -0.494 e. The first-order valence-electron chi connectivity index (χ1n) is 15.9. The van der Waals surface area contributed by atoms with E-state index in [-0.39, 0.29) is 17.7 Å². The molecule has 2 N–H and O–H groups in total. The number of halogens is 1. The number of pyridine rings is 1. The zero-order valence-electron chi connectivity index (χ0n) is 25.8. The third-order valence-electron chi connectivity index (χ3n) is 9.97. The van der Waals surface area contributed by atoms with E-state index in [1.807, 2.05) is 25.1 Å². The van der Waals surface area contributed by atoms with Gasteiger partial charge >= 0.3 is 5.97 Å². The van der Waals surface area contributed by atoms with Crippen LogP contribution in [0.15, 0.2) is 42.6 Å². The minimum atomic E-state index is -1.01. The molecule has 46 heavy (non-hydrogen) atoms. The first-order chi connectivity index (χ1) is 22.4. The summed E-state index contributed by atoms with van der Waals surface area (Å²) in [7, 11) is 1.55. The number of imidazole rings is 1. The molecule has 3 aliphatic heterocycles. The number of benzene rings is 2. The number of hydrogen-bond acceptors (Lipinski definition) is 9. The summed E-state index contributed by atoms with van der Waals surface area (Å²) in [6.45, 7) is 5.32. The van der Waals surface area contributed by atoms with Crippen LogP contribution in [0.5, 0.6) is 17.2 Å². The van der Waals surface area contributed by atoms with Gasteiger partial charge in [-0.1, -0.05) is 11.6 Å². The summed E-state index contributed by atoms with van der Waals surface area (Å²) >= 11 is 6.25. The van der Waals surface area contributed by atoms with Gasteiger partial charge in [-0.3, -0.25) is 9.88 Å². The number of carboxylic acid groups (broad SMARTS) is 1. The zero-order chi connectivity index (χ0) is 31.6. The predicted octanol–water partition coefficient (Wildman–Crippen LogP) is 5.22. The summed E-state index contributed by atoms with van der Waals surface area (Å²) in [4.78, 5) is 24.5. The number of fused-ring (bicyclic) bond motifs is 3. The van der Waals surface area contributed by atoms with Crippen LogP contribution in [-0.4, -0.2) is 75.8 Å². The number of carboxylic acids is 1. The summed E-state index contributed by atoms with van der Waals surface area (Å²) in [6.07, 6.45) is 5.14. The van der Waals surface area contributed by atoms with Gasteiger partial charge in [0.05, 0.1) is 53.6 Å². The van der Waals surface area contributed by atoms with E-state index in [0.717, 1.165) is 85.0 Å². The highest BCUT2D eigenvalue weighted by Crippen LogP contribution is 2.57. The molecule has 1 saturated carbocycles. The van der Waals surface area contributed by atoms with E-state index in [2.05, 4.69) is 20.9 Å².